The molecule has 0 aliphatic rings. The van der Waals surface area contributed by atoms with Gasteiger partial charge in [-0.3, -0.25) is 2.78 Å². The van der Waals surface area contributed by atoms with Crippen molar-refractivity contribution in [2.75, 3.05) is 0 Å². The van der Waals surface area contributed by atoms with E-state index in [-0.39, 0.29) is 0 Å². The number of fused-ring (bicyclic) bond motifs is 8. The summed E-state index contributed by atoms with van der Waals surface area (Å²) in [6, 6.07) is 35.5. The lowest BCUT2D eigenvalue weighted by Crippen LogP contribution is -1.87. The fourth-order valence-electron chi connectivity index (χ4n) is 5.25. The molecule has 0 saturated heterocycles. The van der Waals surface area contributed by atoms with Crippen molar-refractivity contribution < 1.29 is 0 Å². The van der Waals surface area contributed by atoms with Gasteiger partial charge in [0.25, 0.3) is 0 Å². The predicted molar refractivity (Wildman–Crippen MR) is 146 cm³/mol. The third-order valence-corrected chi connectivity index (χ3v) is 7.85. The van der Waals surface area contributed by atoms with Crippen molar-refractivity contribution in [1.29, 1.82) is 0 Å². The molecule has 0 bridgehead atoms. The minimum Gasteiger partial charge on any atom is -0.344 e. The molecular weight excluding hydrogens is 503 g/mol. The molecule has 0 radical (unpaired) electrons. The van der Waals surface area contributed by atoms with Gasteiger partial charge in [-0.05, 0) is 40.8 Å². The molecule has 7 rings (SSSR count). The molecule has 0 aliphatic carbocycles. The second-order valence-electron chi connectivity index (χ2n) is 8.50. The standard InChI is InChI=1S/C29H19IN2/c1-31-26-9-5-4-8-22(26)23-13-11-20(17-28(23)31)19-12-15-27-25(16-19)24-14-10-18-6-2-3-7-21(18)29(24)32(27)30/h2-17H,1H3. The third kappa shape index (κ3) is 2.40. The van der Waals surface area contributed by atoms with E-state index >= 15 is 0 Å². The molecule has 0 unspecified atom stereocenters. The number of halogens is 1. The van der Waals surface area contributed by atoms with Crippen LogP contribution in [0.15, 0.2) is 97.1 Å². The molecule has 7 aromatic rings. The van der Waals surface area contributed by atoms with Crippen LogP contribution in [-0.4, -0.2) is 7.35 Å². The highest BCUT2D eigenvalue weighted by molar-refractivity contribution is 14.1. The SMILES string of the molecule is Cn1c2ccccc2c2ccc(-c3ccc4c(c3)c3ccc5ccccc5c3n4I)cc21. The summed E-state index contributed by atoms with van der Waals surface area (Å²) < 4.78 is 4.61. The van der Waals surface area contributed by atoms with Gasteiger partial charge >= 0.3 is 0 Å². The van der Waals surface area contributed by atoms with E-state index in [1.54, 1.807) is 0 Å². The fourth-order valence-corrected chi connectivity index (χ4v) is 6.19. The molecule has 2 aromatic heterocycles. The van der Waals surface area contributed by atoms with Crippen LogP contribution in [0.4, 0.5) is 0 Å². The Balaban J connectivity index is 1.50. The van der Waals surface area contributed by atoms with E-state index in [1.165, 1.54) is 65.5 Å². The number of aromatic nitrogens is 2. The maximum atomic E-state index is 2.44. The molecule has 0 amide bonds. The predicted octanol–water partition coefficient (Wildman–Crippen LogP) is 8.46. The molecule has 2 nitrogen and oxygen atoms in total. The van der Waals surface area contributed by atoms with Crippen LogP contribution in [-0.2, 0) is 7.05 Å². The summed E-state index contributed by atoms with van der Waals surface area (Å²) in [5.41, 5.74) is 7.59. The molecule has 0 fully saturated rings. The Kier molecular flexibility index (Phi) is 3.77. The van der Waals surface area contributed by atoms with Crippen LogP contribution in [0.5, 0.6) is 0 Å². The van der Waals surface area contributed by atoms with Gasteiger partial charge in [0, 0.05) is 45.0 Å². The van der Waals surface area contributed by atoms with Crippen LogP contribution in [0.25, 0.3) is 65.5 Å². The van der Waals surface area contributed by atoms with Crippen molar-refractivity contribution in [3.63, 3.8) is 0 Å². The van der Waals surface area contributed by atoms with Crippen molar-refractivity contribution in [3.8, 4) is 11.1 Å². The number of hydrogen-bond acceptors (Lipinski definition) is 0. The lowest BCUT2D eigenvalue weighted by atomic mass is 10.0. The summed E-state index contributed by atoms with van der Waals surface area (Å²) in [4.78, 5) is 0. The van der Waals surface area contributed by atoms with Crippen molar-refractivity contribution in [3.05, 3.63) is 97.1 Å². The summed E-state index contributed by atoms with van der Waals surface area (Å²) in [7, 11) is 2.16. The number of hydrogen-bond donors (Lipinski definition) is 0. The fraction of sp³-hybridized carbons (Fsp3) is 0.0345. The summed E-state index contributed by atoms with van der Waals surface area (Å²) in [5, 5.41) is 7.81. The first-order chi connectivity index (χ1) is 15.7. The van der Waals surface area contributed by atoms with E-state index in [4.69, 9.17) is 0 Å². The summed E-state index contributed by atoms with van der Waals surface area (Å²) >= 11 is 2.44. The molecule has 32 heavy (non-hydrogen) atoms. The highest BCUT2D eigenvalue weighted by atomic mass is 127. The van der Waals surface area contributed by atoms with Crippen LogP contribution in [0.1, 0.15) is 0 Å². The zero-order valence-corrected chi connectivity index (χ0v) is 19.7. The topological polar surface area (TPSA) is 9.86 Å². The van der Waals surface area contributed by atoms with Crippen LogP contribution in [0, 0.1) is 0 Å². The number of aryl methyl sites for hydroxylation is 1. The Bertz CT molecular complexity index is 1850. The lowest BCUT2D eigenvalue weighted by molar-refractivity contribution is 1.01. The summed E-state index contributed by atoms with van der Waals surface area (Å²) in [6.45, 7) is 0. The molecule has 0 aliphatic heterocycles. The number of rotatable bonds is 1. The van der Waals surface area contributed by atoms with Crippen molar-refractivity contribution in [2.45, 2.75) is 0 Å². The van der Waals surface area contributed by atoms with Gasteiger partial charge in [0.15, 0.2) is 0 Å². The van der Waals surface area contributed by atoms with Gasteiger partial charge in [-0.25, -0.2) is 0 Å². The van der Waals surface area contributed by atoms with Crippen LogP contribution in [0.2, 0.25) is 0 Å². The quantitative estimate of drug-likeness (QED) is 0.192. The van der Waals surface area contributed by atoms with E-state index in [1.807, 2.05) is 0 Å². The number of benzene rings is 5. The largest absolute Gasteiger partial charge is 0.344 e. The molecule has 3 heteroatoms. The van der Waals surface area contributed by atoms with Gasteiger partial charge in [0.2, 0.25) is 0 Å². The number of nitrogens with zero attached hydrogens (tertiary/aromatic N) is 2. The van der Waals surface area contributed by atoms with E-state index in [0.717, 1.165) is 0 Å². The molecule has 5 aromatic carbocycles. The Morgan fingerprint density at radius 2 is 1.22 bits per heavy atom. The molecule has 0 spiro atoms. The normalized spacial score (nSPS) is 12.1. The summed E-state index contributed by atoms with van der Waals surface area (Å²) in [6.07, 6.45) is 0. The highest BCUT2D eigenvalue weighted by Crippen LogP contribution is 2.38. The van der Waals surface area contributed by atoms with E-state index in [0.29, 0.717) is 0 Å². The smallest absolute Gasteiger partial charge is 0.0668 e. The zero-order chi connectivity index (χ0) is 21.4. The van der Waals surface area contributed by atoms with Gasteiger partial charge in [0.1, 0.15) is 0 Å². The van der Waals surface area contributed by atoms with Gasteiger partial charge < -0.3 is 4.57 Å². The Labute approximate surface area is 199 Å². The van der Waals surface area contributed by atoms with Gasteiger partial charge in [0.05, 0.1) is 33.9 Å². The molecule has 0 atom stereocenters. The minimum atomic E-state index is 1.25. The number of para-hydroxylation sites is 1. The minimum absolute atomic E-state index is 1.25. The first-order valence-corrected chi connectivity index (χ1v) is 11.8. The Hall–Kier alpha value is -3.31. The van der Waals surface area contributed by atoms with Gasteiger partial charge in [-0.1, -0.05) is 72.8 Å². The van der Waals surface area contributed by atoms with Gasteiger partial charge in [-0.2, -0.15) is 0 Å². The summed E-state index contributed by atoms with van der Waals surface area (Å²) in [5.74, 6) is 0. The van der Waals surface area contributed by atoms with Crippen LogP contribution < -0.4 is 0 Å². The zero-order valence-electron chi connectivity index (χ0n) is 17.5. The van der Waals surface area contributed by atoms with Crippen LogP contribution >= 0.6 is 22.9 Å². The molecular formula is C29H19IN2. The van der Waals surface area contributed by atoms with Crippen molar-refractivity contribution in [2.24, 2.45) is 7.05 Å². The van der Waals surface area contributed by atoms with E-state index < -0.39 is 0 Å². The Morgan fingerprint density at radius 3 is 2.12 bits per heavy atom. The highest BCUT2D eigenvalue weighted by Gasteiger charge is 2.14. The van der Waals surface area contributed by atoms with Crippen LogP contribution in [0.3, 0.4) is 0 Å². The molecule has 152 valence electrons. The van der Waals surface area contributed by atoms with Gasteiger partial charge in [-0.15, -0.1) is 0 Å². The average Bonchev–Trinajstić information content (AvgIpc) is 3.30. The molecule has 0 saturated carbocycles. The maximum Gasteiger partial charge on any atom is 0.0668 e. The molecule has 0 N–H and O–H groups in total. The maximum absolute atomic E-state index is 2.44. The second kappa shape index (κ2) is 6.59. The molecule has 2 heterocycles. The first kappa shape index (κ1) is 18.3. The first-order valence-electron chi connectivity index (χ1n) is 10.8. The monoisotopic (exact) mass is 522 g/mol. The average molecular weight is 522 g/mol. The van der Waals surface area contributed by atoms with Crippen molar-refractivity contribution >= 4 is 77.2 Å². The third-order valence-electron chi connectivity index (χ3n) is 6.84. The second-order valence-corrected chi connectivity index (χ2v) is 9.47. The van der Waals surface area contributed by atoms with Crippen molar-refractivity contribution in [1.82, 2.24) is 7.35 Å². The van der Waals surface area contributed by atoms with E-state index in [2.05, 4.69) is 134 Å². The Morgan fingerprint density at radius 1 is 0.531 bits per heavy atom. The lowest BCUT2D eigenvalue weighted by Gasteiger charge is -2.05. The van der Waals surface area contributed by atoms with E-state index in [9.17, 15) is 0 Å².